The van der Waals surface area contributed by atoms with E-state index in [1.807, 2.05) is 0 Å². The molecule has 0 aliphatic heterocycles. The first kappa shape index (κ1) is 6.35. The van der Waals surface area contributed by atoms with Gasteiger partial charge in [-0.15, -0.1) is 0 Å². The summed E-state index contributed by atoms with van der Waals surface area (Å²) < 4.78 is 0. The Morgan fingerprint density at radius 3 is 2.50 bits per heavy atom. The minimum absolute atomic E-state index is 1.02. The van der Waals surface area contributed by atoms with Crippen molar-refractivity contribution in [1.82, 2.24) is 0 Å². The molecule has 0 bridgehead atoms. The lowest BCUT2D eigenvalue weighted by molar-refractivity contribution is 0.914. The molecular weight excluding hydrogens is 92.1 g/mol. The van der Waals surface area contributed by atoms with E-state index >= 15 is 0 Å². The Kier molecular flexibility index (Phi) is 5.66. The summed E-state index contributed by atoms with van der Waals surface area (Å²) in [5, 5.41) is 0. The van der Waals surface area contributed by atoms with Gasteiger partial charge in [0.1, 0.15) is 0 Å². The van der Waals surface area contributed by atoms with Crippen molar-refractivity contribution in [2.24, 2.45) is 0 Å². The minimum atomic E-state index is 1.02. The quantitative estimate of drug-likeness (QED) is 0.409. The average molecular weight is 103 g/mol. The molecule has 0 spiro atoms. The van der Waals surface area contributed by atoms with E-state index in [2.05, 4.69) is 26.0 Å². The summed E-state index contributed by atoms with van der Waals surface area (Å²) >= 11 is 4.03. The highest BCUT2D eigenvalue weighted by Gasteiger charge is 1.76. The second-order valence-electron chi connectivity index (χ2n) is 1.27. The fourth-order valence-corrected chi connectivity index (χ4v) is 0.478. The summed E-state index contributed by atoms with van der Waals surface area (Å²) in [5.41, 5.74) is 0. The van der Waals surface area contributed by atoms with Crippen molar-refractivity contribution in [3.8, 4) is 0 Å². The minimum Gasteiger partial charge on any atom is -0.179 e. The molecule has 1 heteroatoms. The van der Waals surface area contributed by atoms with Crippen LogP contribution in [0.15, 0.2) is 0 Å². The van der Waals surface area contributed by atoms with E-state index in [0.29, 0.717) is 0 Å². The first-order valence-electron chi connectivity index (χ1n) is 2.30. The monoisotopic (exact) mass is 103 g/mol. The predicted molar refractivity (Wildman–Crippen MR) is 33.1 cm³/mol. The molecule has 0 saturated carbocycles. The van der Waals surface area contributed by atoms with E-state index in [1.165, 1.54) is 12.8 Å². The Bertz CT molecular complexity index is 15.9. The summed E-state index contributed by atoms with van der Waals surface area (Å²) in [6.07, 6.45) is 4.60. The van der Waals surface area contributed by atoms with Crippen LogP contribution in [-0.2, 0) is 0 Å². The van der Waals surface area contributed by atoms with Gasteiger partial charge in [0.15, 0.2) is 0 Å². The van der Waals surface area contributed by atoms with Gasteiger partial charge in [-0.3, -0.25) is 0 Å². The Labute approximate surface area is 45.4 Å². The summed E-state index contributed by atoms with van der Waals surface area (Å²) in [6, 6.07) is 0. The summed E-state index contributed by atoms with van der Waals surface area (Å²) in [4.78, 5) is 0. The third-order valence-corrected chi connectivity index (χ3v) is 0.967. The first-order chi connectivity index (χ1) is 2.91. The fourth-order valence-electron chi connectivity index (χ4n) is 0.295. The van der Waals surface area contributed by atoms with Gasteiger partial charge >= 0.3 is 0 Å². The van der Waals surface area contributed by atoms with Crippen LogP contribution in [0.2, 0.25) is 0 Å². The SMILES string of the molecule is C[CH]CCCS. The molecule has 0 aromatic carbocycles. The van der Waals surface area contributed by atoms with Crippen molar-refractivity contribution in [2.75, 3.05) is 5.75 Å². The third kappa shape index (κ3) is 4.35. The third-order valence-electron chi connectivity index (χ3n) is 0.651. The van der Waals surface area contributed by atoms with E-state index in [1.54, 1.807) is 0 Å². The molecule has 37 valence electrons. The van der Waals surface area contributed by atoms with Crippen molar-refractivity contribution >= 4 is 12.6 Å². The van der Waals surface area contributed by atoms with Gasteiger partial charge in [-0.1, -0.05) is 6.92 Å². The van der Waals surface area contributed by atoms with E-state index in [-0.39, 0.29) is 0 Å². The number of rotatable bonds is 3. The number of thiol groups is 1. The van der Waals surface area contributed by atoms with Gasteiger partial charge < -0.3 is 0 Å². The molecule has 0 atom stereocenters. The van der Waals surface area contributed by atoms with E-state index in [4.69, 9.17) is 0 Å². The maximum Gasteiger partial charge on any atom is -0.00978 e. The fraction of sp³-hybridized carbons (Fsp3) is 0.800. The second kappa shape index (κ2) is 5.35. The van der Waals surface area contributed by atoms with Gasteiger partial charge in [-0.05, 0) is 25.0 Å². The topological polar surface area (TPSA) is 0 Å². The van der Waals surface area contributed by atoms with Crippen molar-refractivity contribution < 1.29 is 0 Å². The normalized spacial score (nSPS) is 9.00. The molecule has 6 heavy (non-hydrogen) atoms. The molecule has 0 amide bonds. The second-order valence-corrected chi connectivity index (χ2v) is 1.72. The van der Waals surface area contributed by atoms with Crippen LogP contribution in [0.4, 0.5) is 0 Å². The standard InChI is InChI=1S/C5H11S/c1-2-3-4-5-6/h2,6H,3-5H2,1H3. The van der Waals surface area contributed by atoms with Crippen molar-refractivity contribution in [3.05, 3.63) is 6.42 Å². The van der Waals surface area contributed by atoms with Gasteiger partial charge in [-0.2, -0.15) is 12.6 Å². The van der Waals surface area contributed by atoms with Gasteiger partial charge in [0.25, 0.3) is 0 Å². The zero-order chi connectivity index (χ0) is 4.83. The van der Waals surface area contributed by atoms with Crippen LogP contribution in [0.1, 0.15) is 19.8 Å². The zero-order valence-corrected chi connectivity index (χ0v) is 5.04. The van der Waals surface area contributed by atoms with Gasteiger partial charge in [0, 0.05) is 0 Å². The summed E-state index contributed by atoms with van der Waals surface area (Å²) in [5.74, 6) is 1.02. The lowest BCUT2D eigenvalue weighted by Gasteiger charge is -1.85. The van der Waals surface area contributed by atoms with Gasteiger partial charge in [0.05, 0.1) is 0 Å². The summed E-state index contributed by atoms with van der Waals surface area (Å²) in [6.45, 7) is 2.07. The van der Waals surface area contributed by atoms with E-state index in [9.17, 15) is 0 Å². The maximum atomic E-state index is 4.03. The van der Waals surface area contributed by atoms with Crippen LogP contribution in [0.25, 0.3) is 0 Å². The molecule has 0 saturated heterocycles. The zero-order valence-electron chi connectivity index (χ0n) is 4.15. The highest BCUT2D eigenvalue weighted by Crippen LogP contribution is 1.92. The Morgan fingerprint density at radius 2 is 2.33 bits per heavy atom. The lowest BCUT2D eigenvalue weighted by Crippen LogP contribution is -1.71. The van der Waals surface area contributed by atoms with Crippen LogP contribution >= 0.6 is 12.6 Å². The highest BCUT2D eigenvalue weighted by molar-refractivity contribution is 7.80. The molecule has 0 N–H and O–H groups in total. The molecule has 0 heterocycles. The molecule has 0 unspecified atom stereocenters. The largest absolute Gasteiger partial charge is 0.179 e. The molecule has 1 radical (unpaired) electrons. The number of hydrogen-bond donors (Lipinski definition) is 1. The Balaban J connectivity index is 2.34. The average Bonchev–Trinajstić information content (AvgIpc) is 1.61. The smallest absolute Gasteiger partial charge is 0.00978 e. The van der Waals surface area contributed by atoms with Gasteiger partial charge in [0.2, 0.25) is 0 Å². The first-order valence-corrected chi connectivity index (χ1v) is 2.93. The van der Waals surface area contributed by atoms with Crippen LogP contribution in [0.5, 0.6) is 0 Å². The van der Waals surface area contributed by atoms with Crippen LogP contribution in [0.3, 0.4) is 0 Å². The van der Waals surface area contributed by atoms with Crippen LogP contribution in [-0.4, -0.2) is 5.75 Å². The van der Waals surface area contributed by atoms with Crippen molar-refractivity contribution in [1.29, 1.82) is 0 Å². The molecule has 0 fully saturated rings. The molecule has 0 aromatic heterocycles. The lowest BCUT2D eigenvalue weighted by atomic mass is 10.3. The maximum absolute atomic E-state index is 4.03. The van der Waals surface area contributed by atoms with E-state index < -0.39 is 0 Å². The Morgan fingerprint density at radius 1 is 1.67 bits per heavy atom. The summed E-state index contributed by atoms with van der Waals surface area (Å²) in [7, 11) is 0. The van der Waals surface area contributed by atoms with Crippen molar-refractivity contribution in [3.63, 3.8) is 0 Å². The molecule has 0 aromatic rings. The van der Waals surface area contributed by atoms with Crippen LogP contribution in [0, 0.1) is 6.42 Å². The van der Waals surface area contributed by atoms with E-state index in [0.717, 1.165) is 5.75 Å². The molecule has 0 nitrogen and oxygen atoms in total. The molecule has 0 aliphatic rings. The van der Waals surface area contributed by atoms with Crippen LogP contribution < -0.4 is 0 Å². The molecule has 0 aliphatic carbocycles. The molecule has 0 rings (SSSR count). The molecular formula is C5H11S. The van der Waals surface area contributed by atoms with Crippen molar-refractivity contribution in [2.45, 2.75) is 19.8 Å². The number of unbranched alkanes of at least 4 members (excludes halogenated alkanes) is 2. The highest BCUT2D eigenvalue weighted by atomic mass is 32.1. The number of hydrogen-bond acceptors (Lipinski definition) is 1. The predicted octanol–water partition coefficient (Wildman–Crippen LogP) is 1.92. The Hall–Kier alpha value is 0.350. The van der Waals surface area contributed by atoms with Gasteiger partial charge in [-0.25, -0.2) is 0 Å².